The van der Waals surface area contributed by atoms with Gasteiger partial charge in [0.1, 0.15) is 0 Å². The predicted molar refractivity (Wildman–Crippen MR) is 47.5 cm³/mol. The van der Waals surface area contributed by atoms with E-state index in [2.05, 4.69) is 19.2 Å². The minimum absolute atomic E-state index is 0.767. The van der Waals surface area contributed by atoms with Crippen LogP contribution in [0.1, 0.15) is 33.1 Å². The maximum Gasteiger partial charge on any atom is -0.00146 e. The number of rotatable bonds is 2. The van der Waals surface area contributed by atoms with Gasteiger partial charge in [0.05, 0.1) is 0 Å². The molecule has 0 radical (unpaired) electrons. The van der Waals surface area contributed by atoms with E-state index in [0.29, 0.717) is 0 Å². The first-order valence-corrected chi connectivity index (χ1v) is 4.96. The molecule has 1 saturated heterocycles. The molecular weight excluding hydrogens is 134 g/mol. The molecular formula is C10H19N. The molecule has 0 bridgehead atoms. The van der Waals surface area contributed by atoms with Gasteiger partial charge in [-0.05, 0) is 49.6 Å². The predicted octanol–water partition coefficient (Wildman–Crippen LogP) is 2.03. The van der Waals surface area contributed by atoms with Crippen molar-refractivity contribution in [1.82, 2.24) is 5.32 Å². The van der Waals surface area contributed by atoms with E-state index >= 15 is 0 Å². The van der Waals surface area contributed by atoms with Gasteiger partial charge in [-0.3, -0.25) is 0 Å². The second-order valence-electron chi connectivity index (χ2n) is 4.58. The molecule has 11 heavy (non-hydrogen) atoms. The largest absolute Gasteiger partial charge is 0.316 e. The molecule has 2 fully saturated rings. The Morgan fingerprint density at radius 3 is 2.45 bits per heavy atom. The smallest absolute Gasteiger partial charge is 0.00146 e. The highest BCUT2D eigenvalue weighted by atomic mass is 14.9. The van der Waals surface area contributed by atoms with E-state index in [1.807, 2.05) is 0 Å². The van der Waals surface area contributed by atoms with E-state index in [9.17, 15) is 0 Å². The van der Waals surface area contributed by atoms with Crippen molar-refractivity contribution in [2.75, 3.05) is 13.1 Å². The van der Waals surface area contributed by atoms with Crippen LogP contribution in [-0.4, -0.2) is 13.1 Å². The van der Waals surface area contributed by atoms with Crippen LogP contribution in [0.25, 0.3) is 0 Å². The number of hydrogen-bond acceptors (Lipinski definition) is 1. The van der Waals surface area contributed by atoms with Gasteiger partial charge in [0.25, 0.3) is 0 Å². The molecule has 1 heteroatoms. The molecule has 1 atom stereocenters. The first-order chi connectivity index (χ1) is 5.26. The van der Waals surface area contributed by atoms with Gasteiger partial charge in [-0.2, -0.15) is 0 Å². The summed E-state index contributed by atoms with van der Waals surface area (Å²) in [5, 5.41) is 3.47. The van der Waals surface area contributed by atoms with Crippen molar-refractivity contribution in [2.45, 2.75) is 33.1 Å². The van der Waals surface area contributed by atoms with Gasteiger partial charge in [0.15, 0.2) is 0 Å². The van der Waals surface area contributed by atoms with Gasteiger partial charge < -0.3 is 5.32 Å². The molecule has 1 nitrogen and oxygen atoms in total. The Kier molecular flexibility index (Phi) is 1.71. The maximum absolute atomic E-state index is 3.47. The van der Waals surface area contributed by atoms with Crippen LogP contribution in [0.2, 0.25) is 0 Å². The van der Waals surface area contributed by atoms with Gasteiger partial charge in [-0.15, -0.1) is 0 Å². The average Bonchev–Trinajstić information content (AvgIpc) is 2.61. The SMILES string of the molecule is CC(C)C1(C2CCNC2)CC1. The molecule has 0 spiro atoms. The topological polar surface area (TPSA) is 12.0 Å². The summed E-state index contributed by atoms with van der Waals surface area (Å²) in [5.41, 5.74) is 0.767. The Morgan fingerprint density at radius 1 is 1.36 bits per heavy atom. The molecule has 2 rings (SSSR count). The minimum Gasteiger partial charge on any atom is -0.316 e. The third kappa shape index (κ3) is 1.10. The zero-order valence-corrected chi connectivity index (χ0v) is 7.69. The normalized spacial score (nSPS) is 34.6. The molecule has 64 valence electrons. The Morgan fingerprint density at radius 2 is 2.09 bits per heavy atom. The summed E-state index contributed by atoms with van der Waals surface area (Å²) in [6.07, 6.45) is 4.42. The van der Waals surface area contributed by atoms with Crippen molar-refractivity contribution in [3.8, 4) is 0 Å². The van der Waals surface area contributed by atoms with E-state index in [-0.39, 0.29) is 0 Å². The van der Waals surface area contributed by atoms with Crippen molar-refractivity contribution in [2.24, 2.45) is 17.3 Å². The highest BCUT2D eigenvalue weighted by Crippen LogP contribution is 2.58. The van der Waals surface area contributed by atoms with Crippen LogP contribution >= 0.6 is 0 Å². The van der Waals surface area contributed by atoms with Gasteiger partial charge in [-0.25, -0.2) is 0 Å². The molecule has 1 heterocycles. The molecule has 0 amide bonds. The lowest BCUT2D eigenvalue weighted by Crippen LogP contribution is -2.23. The molecule has 1 saturated carbocycles. The zero-order valence-electron chi connectivity index (χ0n) is 7.69. The highest BCUT2D eigenvalue weighted by molar-refractivity contribution is 5.02. The van der Waals surface area contributed by atoms with E-state index in [1.54, 1.807) is 0 Å². The lowest BCUT2D eigenvalue weighted by Gasteiger charge is -2.25. The zero-order chi connectivity index (χ0) is 7.90. The molecule has 1 unspecified atom stereocenters. The van der Waals surface area contributed by atoms with Crippen LogP contribution in [-0.2, 0) is 0 Å². The fraction of sp³-hybridized carbons (Fsp3) is 1.00. The summed E-state index contributed by atoms with van der Waals surface area (Å²) in [7, 11) is 0. The first-order valence-electron chi connectivity index (χ1n) is 4.96. The van der Waals surface area contributed by atoms with Crippen molar-refractivity contribution in [3.05, 3.63) is 0 Å². The van der Waals surface area contributed by atoms with E-state index < -0.39 is 0 Å². The van der Waals surface area contributed by atoms with Gasteiger partial charge in [0, 0.05) is 0 Å². The summed E-state index contributed by atoms with van der Waals surface area (Å²) in [6, 6.07) is 0. The lowest BCUT2D eigenvalue weighted by molar-refractivity contribution is 0.242. The van der Waals surface area contributed by atoms with Crippen LogP contribution in [0.15, 0.2) is 0 Å². The van der Waals surface area contributed by atoms with Crippen molar-refractivity contribution < 1.29 is 0 Å². The second kappa shape index (κ2) is 2.48. The molecule has 2 aliphatic rings. The molecule has 1 aliphatic carbocycles. The van der Waals surface area contributed by atoms with Crippen LogP contribution in [0, 0.1) is 17.3 Å². The average molecular weight is 153 g/mol. The quantitative estimate of drug-likeness (QED) is 0.640. The maximum atomic E-state index is 3.47. The van der Waals surface area contributed by atoms with Crippen molar-refractivity contribution in [1.29, 1.82) is 0 Å². The fourth-order valence-electron chi connectivity index (χ4n) is 2.75. The summed E-state index contributed by atoms with van der Waals surface area (Å²) in [4.78, 5) is 0. The Hall–Kier alpha value is -0.0400. The number of nitrogens with one attached hydrogen (secondary N) is 1. The Bertz CT molecular complexity index is 141. The van der Waals surface area contributed by atoms with Crippen LogP contribution in [0.3, 0.4) is 0 Å². The second-order valence-corrected chi connectivity index (χ2v) is 4.58. The summed E-state index contributed by atoms with van der Waals surface area (Å²) < 4.78 is 0. The molecule has 1 aliphatic heterocycles. The van der Waals surface area contributed by atoms with Crippen LogP contribution < -0.4 is 5.32 Å². The standard InChI is InChI=1S/C10H19N/c1-8(2)10(4-5-10)9-3-6-11-7-9/h8-9,11H,3-7H2,1-2H3. The van der Waals surface area contributed by atoms with Gasteiger partial charge in [-0.1, -0.05) is 13.8 Å². The van der Waals surface area contributed by atoms with Gasteiger partial charge >= 0.3 is 0 Å². The molecule has 0 aromatic carbocycles. The number of hydrogen-bond donors (Lipinski definition) is 1. The molecule has 1 N–H and O–H groups in total. The third-order valence-corrected chi connectivity index (χ3v) is 3.85. The summed E-state index contributed by atoms with van der Waals surface area (Å²) in [5.74, 6) is 1.91. The van der Waals surface area contributed by atoms with Crippen molar-refractivity contribution in [3.63, 3.8) is 0 Å². The van der Waals surface area contributed by atoms with E-state index in [0.717, 1.165) is 17.3 Å². The summed E-state index contributed by atoms with van der Waals surface area (Å²) in [6.45, 7) is 7.34. The third-order valence-electron chi connectivity index (χ3n) is 3.85. The van der Waals surface area contributed by atoms with E-state index in [4.69, 9.17) is 0 Å². The molecule has 0 aromatic rings. The first kappa shape index (κ1) is 7.60. The fourth-order valence-corrected chi connectivity index (χ4v) is 2.75. The summed E-state index contributed by atoms with van der Waals surface area (Å²) >= 11 is 0. The van der Waals surface area contributed by atoms with Crippen LogP contribution in [0.4, 0.5) is 0 Å². The minimum atomic E-state index is 0.767. The van der Waals surface area contributed by atoms with Crippen LogP contribution in [0.5, 0.6) is 0 Å². The van der Waals surface area contributed by atoms with Gasteiger partial charge in [0.2, 0.25) is 0 Å². The Labute approximate surface area is 69.6 Å². The molecule has 0 aromatic heterocycles. The van der Waals surface area contributed by atoms with E-state index in [1.165, 1.54) is 32.4 Å². The highest BCUT2D eigenvalue weighted by Gasteiger charge is 2.51. The lowest BCUT2D eigenvalue weighted by atomic mass is 9.79. The Balaban J connectivity index is 2.01. The monoisotopic (exact) mass is 153 g/mol. The van der Waals surface area contributed by atoms with Crippen molar-refractivity contribution >= 4 is 0 Å².